The lowest BCUT2D eigenvalue weighted by Gasteiger charge is -2.29. The van der Waals surface area contributed by atoms with Gasteiger partial charge in [0.1, 0.15) is 11.2 Å². The molecule has 2 aromatic carbocycles. The quantitative estimate of drug-likeness (QED) is 0.551. The number of hydrogen-bond acceptors (Lipinski definition) is 5. The Balaban J connectivity index is 1.59. The fourth-order valence-corrected chi connectivity index (χ4v) is 3.98. The lowest BCUT2D eigenvalue weighted by molar-refractivity contribution is 0.589. The first-order valence-electron chi connectivity index (χ1n) is 10.4. The van der Waals surface area contributed by atoms with E-state index in [0.29, 0.717) is 23.3 Å². The standard InChI is InChI=1S/C23H24N6O/c1-2-19-20-22(29(27-19)18-6-4-3-5-7-18)25-21(26-23(20)30)16-8-10-17(11-9-16)28-14-12-24-13-15-28/h3-11,24H,2,12-15H2,1H3,(H,25,26,30). The van der Waals surface area contributed by atoms with Crippen LogP contribution in [0, 0.1) is 0 Å². The second-order valence-electron chi connectivity index (χ2n) is 7.44. The van der Waals surface area contributed by atoms with Crippen molar-refractivity contribution in [3.8, 4) is 17.1 Å². The number of nitrogens with one attached hydrogen (secondary N) is 2. The Morgan fingerprint density at radius 3 is 2.40 bits per heavy atom. The molecule has 2 N–H and O–H groups in total. The minimum absolute atomic E-state index is 0.153. The first kappa shape index (κ1) is 18.6. The Kier molecular flexibility index (Phi) is 4.80. The highest BCUT2D eigenvalue weighted by atomic mass is 16.1. The van der Waals surface area contributed by atoms with Gasteiger partial charge in [0.05, 0.1) is 11.4 Å². The van der Waals surface area contributed by atoms with Gasteiger partial charge in [-0.1, -0.05) is 25.1 Å². The number of aryl methyl sites for hydroxylation is 1. The van der Waals surface area contributed by atoms with Crippen LogP contribution in [0.2, 0.25) is 0 Å². The van der Waals surface area contributed by atoms with Crippen molar-refractivity contribution in [2.75, 3.05) is 31.1 Å². The highest BCUT2D eigenvalue weighted by Gasteiger charge is 2.18. The highest BCUT2D eigenvalue weighted by molar-refractivity contribution is 5.81. The topological polar surface area (TPSA) is 78.8 Å². The van der Waals surface area contributed by atoms with Crippen molar-refractivity contribution in [1.29, 1.82) is 0 Å². The van der Waals surface area contributed by atoms with Crippen LogP contribution < -0.4 is 15.8 Å². The third kappa shape index (κ3) is 3.27. The SMILES string of the molecule is CCc1nn(-c2ccccc2)c2nc(-c3ccc(N4CCNCC4)cc3)[nH]c(=O)c12. The molecule has 2 aromatic heterocycles. The molecule has 1 aliphatic heterocycles. The third-order valence-electron chi connectivity index (χ3n) is 5.57. The summed E-state index contributed by atoms with van der Waals surface area (Å²) in [5, 5.41) is 8.60. The van der Waals surface area contributed by atoms with Crippen molar-refractivity contribution in [2.24, 2.45) is 0 Å². The van der Waals surface area contributed by atoms with Gasteiger partial charge >= 0.3 is 0 Å². The number of fused-ring (bicyclic) bond motifs is 1. The van der Waals surface area contributed by atoms with E-state index in [9.17, 15) is 4.79 Å². The van der Waals surface area contributed by atoms with Gasteiger partial charge < -0.3 is 15.2 Å². The number of anilines is 1. The maximum absolute atomic E-state index is 12.9. The van der Waals surface area contributed by atoms with E-state index in [1.165, 1.54) is 5.69 Å². The molecule has 4 aromatic rings. The molecule has 0 unspecified atom stereocenters. The van der Waals surface area contributed by atoms with E-state index in [-0.39, 0.29) is 5.56 Å². The number of benzene rings is 2. The number of aromatic nitrogens is 4. The van der Waals surface area contributed by atoms with Gasteiger partial charge in [-0.3, -0.25) is 4.79 Å². The molecule has 30 heavy (non-hydrogen) atoms. The molecule has 0 bridgehead atoms. The fourth-order valence-electron chi connectivity index (χ4n) is 3.98. The van der Waals surface area contributed by atoms with Crippen LogP contribution in [0.3, 0.4) is 0 Å². The summed E-state index contributed by atoms with van der Waals surface area (Å²) < 4.78 is 1.77. The van der Waals surface area contributed by atoms with Crippen LogP contribution in [0.15, 0.2) is 59.4 Å². The van der Waals surface area contributed by atoms with E-state index in [2.05, 4.69) is 32.4 Å². The van der Waals surface area contributed by atoms with Crippen molar-refractivity contribution < 1.29 is 0 Å². The number of para-hydroxylation sites is 1. The van der Waals surface area contributed by atoms with Gasteiger partial charge in [-0.15, -0.1) is 0 Å². The average Bonchev–Trinajstić information content (AvgIpc) is 3.20. The van der Waals surface area contributed by atoms with Gasteiger partial charge in [0.25, 0.3) is 5.56 Å². The molecule has 5 rings (SSSR count). The molecule has 1 fully saturated rings. The largest absolute Gasteiger partial charge is 0.369 e. The summed E-state index contributed by atoms with van der Waals surface area (Å²) in [4.78, 5) is 23.1. The zero-order valence-corrected chi connectivity index (χ0v) is 16.9. The van der Waals surface area contributed by atoms with E-state index in [0.717, 1.165) is 43.1 Å². The molecular weight excluding hydrogens is 376 g/mol. The van der Waals surface area contributed by atoms with Crippen molar-refractivity contribution in [1.82, 2.24) is 25.1 Å². The summed E-state index contributed by atoms with van der Waals surface area (Å²) in [6.45, 7) is 5.99. The zero-order chi connectivity index (χ0) is 20.5. The number of rotatable bonds is 4. The first-order valence-corrected chi connectivity index (χ1v) is 10.4. The molecule has 0 atom stereocenters. The molecule has 7 heteroatoms. The van der Waals surface area contributed by atoms with Crippen LogP contribution in [0.5, 0.6) is 0 Å². The lowest BCUT2D eigenvalue weighted by atomic mass is 10.1. The maximum atomic E-state index is 12.9. The van der Waals surface area contributed by atoms with Gasteiger partial charge in [-0.25, -0.2) is 9.67 Å². The van der Waals surface area contributed by atoms with Crippen LogP contribution in [0.25, 0.3) is 28.1 Å². The van der Waals surface area contributed by atoms with E-state index in [1.54, 1.807) is 4.68 Å². The third-order valence-corrected chi connectivity index (χ3v) is 5.57. The van der Waals surface area contributed by atoms with Gasteiger partial charge in [0.15, 0.2) is 5.65 Å². The summed E-state index contributed by atoms with van der Waals surface area (Å²) >= 11 is 0. The molecule has 3 heterocycles. The van der Waals surface area contributed by atoms with Crippen molar-refractivity contribution in [3.05, 3.63) is 70.6 Å². The fraction of sp³-hybridized carbons (Fsp3) is 0.261. The van der Waals surface area contributed by atoms with Gasteiger partial charge in [-0.2, -0.15) is 5.10 Å². The minimum atomic E-state index is -0.153. The Hall–Kier alpha value is -3.45. The van der Waals surface area contributed by atoms with Crippen molar-refractivity contribution in [3.63, 3.8) is 0 Å². The number of piperazine rings is 1. The van der Waals surface area contributed by atoms with Crippen molar-refractivity contribution in [2.45, 2.75) is 13.3 Å². The summed E-state index contributed by atoms with van der Waals surface area (Å²) in [6, 6.07) is 18.0. The van der Waals surface area contributed by atoms with Crippen LogP contribution >= 0.6 is 0 Å². The van der Waals surface area contributed by atoms with E-state index >= 15 is 0 Å². The maximum Gasteiger partial charge on any atom is 0.262 e. The Morgan fingerprint density at radius 2 is 1.70 bits per heavy atom. The van der Waals surface area contributed by atoms with E-state index < -0.39 is 0 Å². The zero-order valence-electron chi connectivity index (χ0n) is 16.9. The molecule has 152 valence electrons. The summed E-state index contributed by atoms with van der Waals surface area (Å²) in [5.41, 5.74) is 4.14. The average molecular weight is 400 g/mol. The monoisotopic (exact) mass is 400 g/mol. The van der Waals surface area contributed by atoms with Gasteiger partial charge in [0, 0.05) is 37.4 Å². The van der Waals surface area contributed by atoms with E-state index in [4.69, 9.17) is 4.98 Å². The van der Waals surface area contributed by atoms with Crippen LogP contribution in [-0.2, 0) is 6.42 Å². The number of hydrogen-bond donors (Lipinski definition) is 2. The lowest BCUT2D eigenvalue weighted by Crippen LogP contribution is -2.43. The molecule has 0 amide bonds. The summed E-state index contributed by atoms with van der Waals surface area (Å²) in [6.07, 6.45) is 0.666. The normalized spacial score (nSPS) is 14.4. The van der Waals surface area contributed by atoms with E-state index in [1.807, 2.05) is 49.4 Å². The van der Waals surface area contributed by atoms with Crippen LogP contribution in [-0.4, -0.2) is 45.9 Å². The molecule has 0 aliphatic carbocycles. The minimum Gasteiger partial charge on any atom is -0.369 e. The summed E-state index contributed by atoms with van der Waals surface area (Å²) in [7, 11) is 0. The molecule has 0 radical (unpaired) electrons. The number of H-pyrrole nitrogens is 1. The van der Waals surface area contributed by atoms with Gasteiger partial charge in [-0.05, 0) is 42.8 Å². The molecule has 7 nitrogen and oxygen atoms in total. The Labute approximate surface area is 174 Å². The van der Waals surface area contributed by atoms with Crippen LogP contribution in [0.1, 0.15) is 12.6 Å². The molecule has 1 saturated heterocycles. The predicted octanol–water partition coefficient (Wildman–Crippen LogP) is 2.75. The molecule has 1 aliphatic rings. The smallest absolute Gasteiger partial charge is 0.262 e. The Bertz CT molecular complexity index is 1220. The first-order chi connectivity index (χ1) is 14.7. The molecular formula is C23H24N6O. The van der Waals surface area contributed by atoms with Gasteiger partial charge in [0.2, 0.25) is 0 Å². The highest BCUT2D eigenvalue weighted by Crippen LogP contribution is 2.24. The second-order valence-corrected chi connectivity index (χ2v) is 7.44. The van der Waals surface area contributed by atoms with Crippen molar-refractivity contribution >= 4 is 16.7 Å². The number of aromatic amines is 1. The van der Waals surface area contributed by atoms with Crippen LogP contribution in [0.4, 0.5) is 5.69 Å². The molecule has 0 spiro atoms. The second kappa shape index (κ2) is 7.76. The summed E-state index contributed by atoms with van der Waals surface area (Å²) in [5.74, 6) is 0.555. The number of nitrogens with zero attached hydrogens (tertiary/aromatic N) is 4. The molecule has 0 saturated carbocycles. The predicted molar refractivity (Wildman–Crippen MR) is 119 cm³/mol. The Morgan fingerprint density at radius 1 is 0.967 bits per heavy atom.